The molecule has 0 saturated heterocycles. The zero-order chi connectivity index (χ0) is 11.8. The van der Waals surface area contributed by atoms with Gasteiger partial charge in [0.15, 0.2) is 5.82 Å². The van der Waals surface area contributed by atoms with Crippen molar-refractivity contribution in [1.82, 2.24) is 9.97 Å². The topological polar surface area (TPSA) is 79.5 Å². The lowest BCUT2D eigenvalue weighted by Gasteiger charge is -2.07. The smallest absolute Gasteiger partial charge is 0.218 e. The van der Waals surface area contributed by atoms with Gasteiger partial charge in [0.1, 0.15) is 12.4 Å². The highest BCUT2D eigenvalue weighted by atomic mass is 16.5. The Morgan fingerprint density at radius 2 is 2.00 bits per heavy atom. The van der Waals surface area contributed by atoms with Crippen molar-refractivity contribution in [3.8, 4) is 5.88 Å². The van der Waals surface area contributed by atoms with E-state index in [1.807, 2.05) is 0 Å². The van der Waals surface area contributed by atoms with Crippen LogP contribution in [0.2, 0.25) is 0 Å². The van der Waals surface area contributed by atoms with E-state index in [1.165, 1.54) is 0 Å². The van der Waals surface area contributed by atoms with Crippen molar-refractivity contribution < 1.29 is 14.2 Å². The third kappa shape index (κ3) is 4.41. The summed E-state index contributed by atoms with van der Waals surface area (Å²) in [4.78, 5) is 8.15. The van der Waals surface area contributed by atoms with Crippen LogP contribution in [0.1, 0.15) is 12.2 Å². The molecule has 0 spiro atoms. The van der Waals surface area contributed by atoms with Gasteiger partial charge in [-0.05, 0) is 0 Å². The minimum atomic E-state index is 0.319. The number of ether oxygens (including phenoxy) is 3. The van der Waals surface area contributed by atoms with Crippen molar-refractivity contribution in [3.05, 3.63) is 11.9 Å². The van der Waals surface area contributed by atoms with E-state index in [1.54, 1.807) is 20.3 Å². The molecular weight excluding hydrogens is 210 g/mol. The van der Waals surface area contributed by atoms with E-state index in [4.69, 9.17) is 19.9 Å². The van der Waals surface area contributed by atoms with Gasteiger partial charge >= 0.3 is 0 Å². The summed E-state index contributed by atoms with van der Waals surface area (Å²) in [6.45, 7) is 1.52. The second-order valence-corrected chi connectivity index (χ2v) is 3.18. The number of nitrogen functional groups attached to an aromatic ring is 1. The molecule has 16 heavy (non-hydrogen) atoms. The number of methoxy groups -OCH3 is 2. The summed E-state index contributed by atoms with van der Waals surface area (Å²) in [5, 5.41) is 0. The van der Waals surface area contributed by atoms with Crippen LogP contribution in [0, 0.1) is 0 Å². The molecule has 0 radical (unpaired) electrons. The summed E-state index contributed by atoms with van der Waals surface area (Å²) in [7, 11) is 3.23. The number of rotatable bonds is 7. The van der Waals surface area contributed by atoms with Gasteiger partial charge in [-0.3, -0.25) is 0 Å². The average Bonchev–Trinajstić information content (AvgIpc) is 2.24. The Hall–Kier alpha value is -1.40. The average molecular weight is 227 g/mol. The van der Waals surface area contributed by atoms with Gasteiger partial charge in [0.05, 0.1) is 6.61 Å². The van der Waals surface area contributed by atoms with Crippen molar-refractivity contribution in [2.24, 2.45) is 0 Å². The van der Waals surface area contributed by atoms with Gasteiger partial charge in [-0.25, -0.2) is 4.98 Å². The fraction of sp³-hybridized carbons (Fsp3) is 0.600. The van der Waals surface area contributed by atoms with Crippen molar-refractivity contribution in [2.45, 2.75) is 13.0 Å². The zero-order valence-corrected chi connectivity index (χ0v) is 9.60. The van der Waals surface area contributed by atoms with Gasteiger partial charge in [-0.15, -0.1) is 0 Å². The molecule has 0 amide bonds. The number of anilines is 1. The molecular formula is C10H17N3O3. The molecule has 1 heterocycles. The number of nitrogens with zero attached hydrogens (tertiary/aromatic N) is 2. The van der Waals surface area contributed by atoms with Crippen LogP contribution in [0.25, 0.3) is 0 Å². The SMILES string of the molecule is COCCCOc1cc(N)nc(COC)n1. The lowest BCUT2D eigenvalue weighted by atomic mass is 10.5. The zero-order valence-electron chi connectivity index (χ0n) is 9.60. The van der Waals surface area contributed by atoms with Gasteiger partial charge in [0.25, 0.3) is 0 Å². The Bertz CT molecular complexity index is 320. The first-order chi connectivity index (χ1) is 7.76. The van der Waals surface area contributed by atoms with Crippen LogP contribution in [-0.2, 0) is 16.1 Å². The molecule has 0 aromatic carbocycles. The predicted molar refractivity (Wildman–Crippen MR) is 59.1 cm³/mol. The van der Waals surface area contributed by atoms with E-state index in [9.17, 15) is 0 Å². The monoisotopic (exact) mass is 227 g/mol. The summed E-state index contributed by atoms with van der Waals surface area (Å²) in [6, 6.07) is 1.59. The van der Waals surface area contributed by atoms with E-state index in [-0.39, 0.29) is 0 Å². The first kappa shape index (κ1) is 12.7. The Morgan fingerprint density at radius 3 is 2.69 bits per heavy atom. The highest BCUT2D eigenvalue weighted by Crippen LogP contribution is 2.11. The second-order valence-electron chi connectivity index (χ2n) is 3.18. The standard InChI is InChI=1S/C10H17N3O3/c1-14-4-3-5-16-10-6-8(11)12-9(13-10)7-15-2/h6H,3-5,7H2,1-2H3,(H2,11,12,13). The molecule has 0 aliphatic rings. The predicted octanol–water partition coefficient (Wildman–Crippen LogP) is 0.620. The number of hydrogen-bond donors (Lipinski definition) is 1. The van der Waals surface area contributed by atoms with E-state index in [0.29, 0.717) is 37.3 Å². The van der Waals surface area contributed by atoms with Gasteiger partial charge < -0.3 is 19.9 Å². The first-order valence-electron chi connectivity index (χ1n) is 5.00. The third-order valence-corrected chi connectivity index (χ3v) is 1.78. The Labute approximate surface area is 94.7 Å². The summed E-state index contributed by atoms with van der Waals surface area (Å²) in [5.41, 5.74) is 5.61. The van der Waals surface area contributed by atoms with Crippen molar-refractivity contribution in [3.63, 3.8) is 0 Å². The number of aromatic nitrogens is 2. The van der Waals surface area contributed by atoms with Gasteiger partial charge in [-0.1, -0.05) is 0 Å². The van der Waals surface area contributed by atoms with Gasteiger partial charge in [0.2, 0.25) is 5.88 Å². The molecule has 0 aliphatic heterocycles. The molecule has 0 bridgehead atoms. The second kappa shape index (κ2) is 6.97. The molecule has 1 aromatic rings. The van der Waals surface area contributed by atoms with E-state index in [0.717, 1.165) is 6.42 Å². The maximum Gasteiger partial charge on any atom is 0.218 e. The summed E-state index contributed by atoms with van der Waals surface area (Å²) >= 11 is 0. The molecule has 0 fully saturated rings. The summed E-state index contributed by atoms with van der Waals surface area (Å²) in [5.74, 6) is 1.36. The van der Waals surface area contributed by atoms with Crippen LogP contribution in [0.4, 0.5) is 5.82 Å². The van der Waals surface area contributed by atoms with Crippen LogP contribution in [0.3, 0.4) is 0 Å². The molecule has 0 aliphatic carbocycles. The normalized spacial score (nSPS) is 10.4. The van der Waals surface area contributed by atoms with Crippen LogP contribution >= 0.6 is 0 Å². The van der Waals surface area contributed by atoms with E-state index >= 15 is 0 Å². The van der Waals surface area contributed by atoms with Crippen molar-refractivity contribution in [1.29, 1.82) is 0 Å². The number of nitrogens with two attached hydrogens (primary N) is 1. The maximum atomic E-state index is 5.61. The number of hydrogen-bond acceptors (Lipinski definition) is 6. The molecule has 0 atom stereocenters. The third-order valence-electron chi connectivity index (χ3n) is 1.78. The Kier molecular flexibility index (Phi) is 5.52. The molecule has 90 valence electrons. The van der Waals surface area contributed by atoms with Gasteiger partial charge in [-0.2, -0.15) is 4.98 Å². The summed E-state index contributed by atoms with van der Waals surface area (Å²) < 4.78 is 15.2. The quantitative estimate of drug-likeness (QED) is 0.688. The van der Waals surface area contributed by atoms with Crippen LogP contribution in [0.15, 0.2) is 6.07 Å². The molecule has 6 nitrogen and oxygen atoms in total. The fourth-order valence-electron chi connectivity index (χ4n) is 1.14. The molecule has 0 saturated carbocycles. The first-order valence-corrected chi connectivity index (χ1v) is 5.00. The highest BCUT2D eigenvalue weighted by molar-refractivity contribution is 5.32. The Balaban J connectivity index is 2.51. The maximum absolute atomic E-state index is 5.61. The summed E-state index contributed by atoms with van der Waals surface area (Å²) in [6.07, 6.45) is 0.806. The largest absolute Gasteiger partial charge is 0.477 e. The van der Waals surface area contributed by atoms with Gasteiger partial charge in [0, 0.05) is 33.3 Å². The minimum absolute atomic E-state index is 0.319. The Morgan fingerprint density at radius 1 is 1.19 bits per heavy atom. The van der Waals surface area contributed by atoms with Crippen LogP contribution < -0.4 is 10.5 Å². The highest BCUT2D eigenvalue weighted by Gasteiger charge is 2.03. The molecule has 1 rings (SSSR count). The minimum Gasteiger partial charge on any atom is -0.477 e. The van der Waals surface area contributed by atoms with Crippen LogP contribution in [0.5, 0.6) is 5.88 Å². The molecule has 1 aromatic heterocycles. The molecule has 6 heteroatoms. The molecule has 2 N–H and O–H groups in total. The molecule has 0 unspecified atom stereocenters. The lowest BCUT2D eigenvalue weighted by molar-refractivity contribution is 0.167. The van der Waals surface area contributed by atoms with Crippen molar-refractivity contribution in [2.75, 3.05) is 33.2 Å². The van der Waals surface area contributed by atoms with Crippen molar-refractivity contribution >= 4 is 5.82 Å². The fourth-order valence-corrected chi connectivity index (χ4v) is 1.14. The van der Waals surface area contributed by atoms with E-state index in [2.05, 4.69) is 9.97 Å². The lowest BCUT2D eigenvalue weighted by Crippen LogP contribution is -2.06. The van der Waals surface area contributed by atoms with Crippen LogP contribution in [-0.4, -0.2) is 37.4 Å². The van der Waals surface area contributed by atoms with E-state index < -0.39 is 0 Å².